The van der Waals surface area contributed by atoms with Crippen molar-refractivity contribution in [3.05, 3.63) is 108 Å². The Morgan fingerprint density at radius 3 is 2.65 bits per heavy atom. The van der Waals surface area contributed by atoms with Gasteiger partial charge in [-0.05, 0) is 75.5 Å². The summed E-state index contributed by atoms with van der Waals surface area (Å²) in [6.07, 6.45) is 36.7. The van der Waals surface area contributed by atoms with E-state index in [1.807, 2.05) is 24.3 Å². The zero-order valence-corrected chi connectivity index (χ0v) is 21.0. The van der Waals surface area contributed by atoms with Crippen LogP contribution in [0.25, 0.3) is 0 Å². The molecule has 1 N–H and O–H groups in total. The largest absolute Gasteiger partial charge is 0.476 e. The summed E-state index contributed by atoms with van der Waals surface area (Å²) in [6, 6.07) is 0.335. The highest BCUT2D eigenvalue weighted by Gasteiger charge is 2.35. The van der Waals surface area contributed by atoms with E-state index in [9.17, 15) is 14.7 Å². The van der Waals surface area contributed by atoms with Crippen LogP contribution in [0.2, 0.25) is 0 Å². The van der Waals surface area contributed by atoms with Crippen LogP contribution in [0, 0.1) is 5.92 Å². The fraction of sp³-hybridized carbons (Fsp3) is 0.323. The summed E-state index contributed by atoms with van der Waals surface area (Å²) < 4.78 is 0. The minimum absolute atomic E-state index is 0.130. The molecule has 0 fully saturated rings. The normalized spacial score (nSPS) is 26.4. The molecule has 0 aromatic heterocycles. The molecule has 37 heavy (non-hydrogen) atoms. The van der Waals surface area contributed by atoms with Gasteiger partial charge in [-0.1, -0.05) is 66.8 Å². The summed E-state index contributed by atoms with van der Waals surface area (Å²) in [7, 11) is 0. The number of nitrogens with zero attached hydrogens (tertiary/aromatic N) is 3. The summed E-state index contributed by atoms with van der Waals surface area (Å²) >= 11 is 0. The molecule has 6 nitrogen and oxygen atoms in total. The van der Waals surface area contributed by atoms with Crippen molar-refractivity contribution in [2.24, 2.45) is 11.0 Å². The number of hydrogen-bond acceptors (Lipinski definition) is 4. The van der Waals surface area contributed by atoms with E-state index < -0.39 is 5.97 Å². The molecule has 5 aliphatic rings. The Kier molecular flexibility index (Phi) is 7.64. The van der Waals surface area contributed by atoms with Crippen LogP contribution in [-0.2, 0) is 9.59 Å². The number of hydrogen-bond donors (Lipinski definition) is 1. The fourth-order valence-corrected chi connectivity index (χ4v) is 5.33. The number of carboxylic acids is 1. The Hall–Kier alpha value is -3.93. The maximum atomic E-state index is 13.0. The van der Waals surface area contributed by atoms with Crippen molar-refractivity contribution in [1.82, 2.24) is 9.91 Å². The molecule has 2 unspecified atom stereocenters. The lowest BCUT2D eigenvalue weighted by atomic mass is 9.90. The van der Waals surface area contributed by atoms with Gasteiger partial charge in [-0.3, -0.25) is 4.79 Å². The highest BCUT2D eigenvalue weighted by Crippen LogP contribution is 2.34. The van der Waals surface area contributed by atoms with Crippen molar-refractivity contribution in [3.63, 3.8) is 0 Å². The van der Waals surface area contributed by atoms with Gasteiger partial charge in [0.05, 0.1) is 11.6 Å². The number of allylic oxidation sites excluding steroid dienone is 14. The SMILES string of the molecule is O=C(O)C1=NN(C2=CC=CCC2)C(=O)/C1=C\C=C\C1CC=C(N(C2=CCCC=C2)C2C=CC=CC2)CC1. The quantitative estimate of drug-likeness (QED) is 0.434. The molecule has 0 aromatic rings. The molecule has 0 spiro atoms. The topological polar surface area (TPSA) is 73.2 Å². The summed E-state index contributed by atoms with van der Waals surface area (Å²) in [6.45, 7) is 0. The third-order valence-corrected chi connectivity index (χ3v) is 7.27. The summed E-state index contributed by atoms with van der Waals surface area (Å²) in [4.78, 5) is 27.2. The molecule has 5 rings (SSSR count). The van der Waals surface area contributed by atoms with Gasteiger partial charge in [0.25, 0.3) is 5.91 Å². The van der Waals surface area contributed by atoms with E-state index in [1.165, 1.54) is 16.4 Å². The molecular formula is C31H33N3O3. The maximum absolute atomic E-state index is 13.0. The van der Waals surface area contributed by atoms with E-state index in [1.54, 1.807) is 6.08 Å². The summed E-state index contributed by atoms with van der Waals surface area (Å²) in [5, 5.41) is 15.0. The van der Waals surface area contributed by atoms with Crippen molar-refractivity contribution >= 4 is 17.6 Å². The zero-order valence-electron chi connectivity index (χ0n) is 21.0. The minimum atomic E-state index is -1.19. The van der Waals surface area contributed by atoms with E-state index in [-0.39, 0.29) is 17.2 Å². The average Bonchev–Trinajstić information content (AvgIpc) is 3.28. The Morgan fingerprint density at radius 1 is 1.05 bits per heavy atom. The first-order valence-electron chi connectivity index (χ1n) is 13.2. The van der Waals surface area contributed by atoms with Gasteiger partial charge < -0.3 is 10.0 Å². The standard InChI is InChI=1S/C31H33N3O3/c35-30-28(29(31(36)37)32-34(30)27-16-8-3-9-17-27)18-10-11-23-19-21-26(22-20-23)33(24-12-4-1-5-13-24)25-14-6-2-7-15-25/h1,3-6,8,10-12,14-16,18,21,23-24H,2,7,9,13,17,19-20,22H2,(H,36,37)/b11-10+,28-18-. The van der Waals surface area contributed by atoms with E-state index in [4.69, 9.17) is 0 Å². The first-order chi connectivity index (χ1) is 18.1. The van der Waals surface area contributed by atoms with Crippen molar-refractivity contribution in [1.29, 1.82) is 0 Å². The van der Waals surface area contributed by atoms with Crippen LogP contribution in [-0.4, -0.2) is 38.6 Å². The zero-order chi connectivity index (χ0) is 25.6. The van der Waals surface area contributed by atoms with Crippen molar-refractivity contribution < 1.29 is 14.7 Å². The molecule has 0 bridgehead atoms. The number of carbonyl (C=O) groups excluding carboxylic acids is 1. The lowest BCUT2D eigenvalue weighted by Gasteiger charge is -2.38. The van der Waals surface area contributed by atoms with E-state index in [0.717, 1.165) is 50.6 Å². The molecular weight excluding hydrogens is 462 g/mol. The monoisotopic (exact) mass is 495 g/mol. The molecule has 1 aliphatic heterocycles. The summed E-state index contributed by atoms with van der Waals surface area (Å²) in [5.41, 5.74) is 3.30. The Labute approximate surface area is 218 Å². The van der Waals surface area contributed by atoms with Crippen LogP contribution < -0.4 is 0 Å². The van der Waals surface area contributed by atoms with Gasteiger partial charge >= 0.3 is 5.97 Å². The van der Waals surface area contributed by atoms with E-state index in [0.29, 0.717) is 18.4 Å². The first-order valence-corrected chi connectivity index (χ1v) is 13.2. The molecule has 190 valence electrons. The van der Waals surface area contributed by atoms with Crippen LogP contribution in [0.5, 0.6) is 0 Å². The third-order valence-electron chi connectivity index (χ3n) is 7.27. The van der Waals surface area contributed by atoms with Gasteiger partial charge in [-0.2, -0.15) is 10.1 Å². The lowest BCUT2D eigenvalue weighted by molar-refractivity contribution is -0.129. The predicted octanol–water partition coefficient (Wildman–Crippen LogP) is 6.09. The average molecular weight is 496 g/mol. The van der Waals surface area contributed by atoms with E-state index in [2.05, 4.69) is 64.7 Å². The molecule has 2 atom stereocenters. The second-order valence-electron chi connectivity index (χ2n) is 9.79. The fourth-order valence-electron chi connectivity index (χ4n) is 5.33. The van der Waals surface area contributed by atoms with Crippen LogP contribution >= 0.6 is 0 Å². The molecule has 0 aromatic carbocycles. The molecule has 1 amide bonds. The Balaban J connectivity index is 1.28. The van der Waals surface area contributed by atoms with Crippen molar-refractivity contribution in [3.8, 4) is 0 Å². The Morgan fingerprint density at radius 2 is 1.97 bits per heavy atom. The van der Waals surface area contributed by atoms with Gasteiger partial charge in [0.15, 0.2) is 5.71 Å². The highest BCUT2D eigenvalue weighted by molar-refractivity contribution is 6.50. The lowest BCUT2D eigenvalue weighted by Crippen LogP contribution is -2.34. The number of hydrazone groups is 1. The molecule has 1 heterocycles. The second-order valence-corrected chi connectivity index (χ2v) is 9.79. The number of amides is 1. The van der Waals surface area contributed by atoms with Gasteiger partial charge in [-0.25, -0.2) is 4.79 Å². The summed E-state index contributed by atoms with van der Waals surface area (Å²) in [5.74, 6) is -1.23. The third kappa shape index (κ3) is 5.58. The molecule has 0 radical (unpaired) electrons. The van der Waals surface area contributed by atoms with Gasteiger partial charge in [-0.15, -0.1) is 0 Å². The molecule has 6 heteroatoms. The van der Waals surface area contributed by atoms with Crippen LogP contribution in [0.15, 0.2) is 113 Å². The number of aliphatic carboxylic acids is 1. The molecule has 0 saturated heterocycles. The van der Waals surface area contributed by atoms with Crippen LogP contribution in [0.1, 0.15) is 51.4 Å². The second kappa shape index (κ2) is 11.4. The van der Waals surface area contributed by atoms with Crippen molar-refractivity contribution in [2.45, 2.75) is 57.4 Å². The van der Waals surface area contributed by atoms with Crippen molar-refractivity contribution in [2.75, 3.05) is 0 Å². The molecule has 0 saturated carbocycles. The smallest absolute Gasteiger partial charge is 0.357 e. The number of rotatable bonds is 7. The van der Waals surface area contributed by atoms with Crippen LogP contribution in [0.3, 0.4) is 0 Å². The van der Waals surface area contributed by atoms with Gasteiger partial charge in [0.2, 0.25) is 0 Å². The number of carboxylic acid groups (broad SMARTS) is 1. The maximum Gasteiger partial charge on any atom is 0.357 e. The number of carbonyl (C=O) groups is 2. The van der Waals surface area contributed by atoms with Crippen LogP contribution in [0.4, 0.5) is 0 Å². The van der Waals surface area contributed by atoms with Gasteiger partial charge in [0.1, 0.15) is 0 Å². The first kappa shape index (κ1) is 24.8. The van der Waals surface area contributed by atoms with Gasteiger partial charge in [0, 0.05) is 17.1 Å². The highest BCUT2D eigenvalue weighted by atomic mass is 16.4. The Bertz CT molecular complexity index is 1250. The minimum Gasteiger partial charge on any atom is -0.476 e. The molecule has 4 aliphatic carbocycles. The predicted molar refractivity (Wildman–Crippen MR) is 146 cm³/mol. The van der Waals surface area contributed by atoms with E-state index >= 15 is 0 Å².